The van der Waals surface area contributed by atoms with Crippen LogP contribution >= 0.6 is 43.6 Å². The Morgan fingerprint density at radius 2 is 1.91 bits per heavy atom. The number of hydrogen-bond acceptors (Lipinski definition) is 3. The first-order chi connectivity index (χ1) is 11.1. The van der Waals surface area contributed by atoms with Gasteiger partial charge in [0.05, 0.1) is 0 Å². The molecule has 0 radical (unpaired) electrons. The van der Waals surface area contributed by atoms with Crippen LogP contribution in [0.3, 0.4) is 0 Å². The van der Waals surface area contributed by atoms with Crippen molar-refractivity contribution in [1.82, 2.24) is 5.32 Å². The van der Waals surface area contributed by atoms with E-state index < -0.39 is 0 Å². The summed E-state index contributed by atoms with van der Waals surface area (Å²) in [6, 6.07) is 12.9. The predicted molar refractivity (Wildman–Crippen MR) is 107 cm³/mol. The number of thioether (sulfide) groups is 1. The van der Waals surface area contributed by atoms with Gasteiger partial charge in [-0.2, -0.15) is 0 Å². The maximum Gasteiger partial charge on any atom is 0.129 e. The van der Waals surface area contributed by atoms with Crippen LogP contribution in [0.1, 0.15) is 23.1 Å². The van der Waals surface area contributed by atoms with E-state index in [1.54, 1.807) is 0 Å². The van der Waals surface area contributed by atoms with E-state index in [2.05, 4.69) is 85.5 Å². The summed E-state index contributed by atoms with van der Waals surface area (Å²) in [5.41, 5.74) is 3.88. The van der Waals surface area contributed by atoms with E-state index in [0.717, 1.165) is 40.0 Å². The number of rotatable bonds is 4. The fraction of sp³-hybridized carbons (Fsp3) is 0.278. The fourth-order valence-electron chi connectivity index (χ4n) is 2.48. The van der Waals surface area contributed by atoms with Gasteiger partial charge in [0.1, 0.15) is 5.84 Å². The fourth-order valence-corrected chi connectivity index (χ4v) is 4.34. The number of aryl methyl sites for hydroxylation is 1. The van der Waals surface area contributed by atoms with Crippen LogP contribution in [0.4, 0.5) is 0 Å². The lowest BCUT2D eigenvalue weighted by molar-refractivity contribution is 0.741. The van der Waals surface area contributed by atoms with E-state index in [1.165, 1.54) is 21.6 Å². The minimum atomic E-state index is 0.906. The Labute approximate surface area is 158 Å². The second-order valence-corrected chi connectivity index (χ2v) is 8.36. The van der Waals surface area contributed by atoms with Crippen molar-refractivity contribution in [3.63, 3.8) is 0 Å². The molecule has 0 bridgehead atoms. The van der Waals surface area contributed by atoms with Crippen LogP contribution in [0.25, 0.3) is 0 Å². The van der Waals surface area contributed by atoms with Crippen LogP contribution in [0.5, 0.6) is 0 Å². The summed E-state index contributed by atoms with van der Waals surface area (Å²) >= 11 is 9.01. The average Bonchev–Trinajstić information content (AvgIpc) is 2.57. The molecule has 0 aliphatic carbocycles. The number of aliphatic imine (C=N–C) groups is 1. The van der Waals surface area contributed by atoms with Gasteiger partial charge in [-0.05, 0) is 54.8 Å². The van der Waals surface area contributed by atoms with Gasteiger partial charge in [-0.3, -0.25) is 4.99 Å². The molecule has 2 aromatic rings. The molecule has 0 saturated heterocycles. The topological polar surface area (TPSA) is 24.4 Å². The third-order valence-corrected chi connectivity index (χ3v) is 5.90. The standard InChI is InChI=1S/C18H18Br2N2S/c1-12-3-4-14(19)9-13(12)11-23-17-6-5-15(20)10-16(17)18-21-7-2-8-22-18/h3-6,9-10H,2,7-8,11H2,1H3,(H,21,22). The zero-order chi connectivity index (χ0) is 16.2. The summed E-state index contributed by atoms with van der Waals surface area (Å²) in [5.74, 6) is 1.97. The molecule has 120 valence electrons. The quantitative estimate of drug-likeness (QED) is 0.613. The maximum atomic E-state index is 4.65. The smallest absolute Gasteiger partial charge is 0.129 e. The van der Waals surface area contributed by atoms with E-state index in [-0.39, 0.29) is 0 Å². The van der Waals surface area contributed by atoms with Crippen LogP contribution in [0, 0.1) is 6.92 Å². The van der Waals surface area contributed by atoms with Crippen LogP contribution in [0.15, 0.2) is 55.2 Å². The summed E-state index contributed by atoms with van der Waals surface area (Å²) in [7, 11) is 0. The van der Waals surface area contributed by atoms with Crippen molar-refractivity contribution in [1.29, 1.82) is 0 Å². The molecule has 0 spiro atoms. The van der Waals surface area contributed by atoms with Crippen molar-refractivity contribution < 1.29 is 0 Å². The number of nitrogens with one attached hydrogen (secondary N) is 1. The third-order valence-electron chi connectivity index (χ3n) is 3.79. The summed E-state index contributed by atoms with van der Waals surface area (Å²) in [5, 5.41) is 3.43. The summed E-state index contributed by atoms with van der Waals surface area (Å²) in [6.07, 6.45) is 1.11. The molecule has 2 aromatic carbocycles. The highest BCUT2D eigenvalue weighted by Gasteiger charge is 2.13. The van der Waals surface area contributed by atoms with E-state index in [1.807, 2.05) is 11.8 Å². The molecule has 0 aromatic heterocycles. The van der Waals surface area contributed by atoms with Crippen molar-refractivity contribution in [3.05, 3.63) is 62.0 Å². The molecule has 23 heavy (non-hydrogen) atoms. The highest BCUT2D eigenvalue weighted by Crippen LogP contribution is 2.31. The molecule has 0 amide bonds. The summed E-state index contributed by atoms with van der Waals surface area (Å²) in [4.78, 5) is 5.92. The normalized spacial score (nSPS) is 14.3. The van der Waals surface area contributed by atoms with Crippen molar-refractivity contribution in [2.24, 2.45) is 4.99 Å². The Morgan fingerprint density at radius 1 is 1.13 bits per heavy atom. The number of halogens is 2. The first kappa shape index (κ1) is 17.1. The van der Waals surface area contributed by atoms with Gasteiger partial charge in [-0.1, -0.05) is 37.9 Å². The monoisotopic (exact) mass is 452 g/mol. The van der Waals surface area contributed by atoms with Gasteiger partial charge in [-0.15, -0.1) is 11.8 Å². The third kappa shape index (κ3) is 4.40. The molecular formula is C18H18Br2N2S. The van der Waals surface area contributed by atoms with Gasteiger partial charge < -0.3 is 5.32 Å². The largest absolute Gasteiger partial charge is 0.370 e. The molecule has 0 fully saturated rings. The first-order valence-electron chi connectivity index (χ1n) is 7.59. The van der Waals surface area contributed by atoms with Gasteiger partial charge in [0.2, 0.25) is 0 Å². The Kier molecular flexibility index (Phi) is 5.83. The van der Waals surface area contributed by atoms with Gasteiger partial charge in [-0.25, -0.2) is 0 Å². The average molecular weight is 454 g/mol. The molecule has 3 rings (SSSR count). The number of hydrogen-bond donors (Lipinski definition) is 1. The lowest BCUT2D eigenvalue weighted by atomic mass is 10.1. The van der Waals surface area contributed by atoms with E-state index in [0.29, 0.717) is 0 Å². The number of nitrogens with zero attached hydrogens (tertiary/aromatic N) is 1. The minimum Gasteiger partial charge on any atom is -0.370 e. The zero-order valence-corrected chi connectivity index (χ0v) is 16.9. The zero-order valence-electron chi connectivity index (χ0n) is 12.9. The molecular weight excluding hydrogens is 436 g/mol. The van der Waals surface area contributed by atoms with E-state index >= 15 is 0 Å². The van der Waals surface area contributed by atoms with Gasteiger partial charge in [0.25, 0.3) is 0 Å². The second kappa shape index (κ2) is 7.86. The molecule has 2 nitrogen and oxygen atoms in total. The molecule has 1 heterocycles. The lowest BCUT2D eigenvalue weighted by Crippen LogP contribution is -2.30. The molecule has 0 unspecified atom stereocenters. The lowest BCUT2D eigenvalue weighted by Gasteiger charge is -2.18. The maximum absolute atomic E-state index is 4.65. The SMILES string of the molecule is Cc1ccc(Br)cc1CSc1ccc(Br)cc1C1=NCCCN1. The highest BCUT2D eigenvalue weighted by molar-refractivity contribution is 9.10. The van der Waals surface area contributed by atoms with Gasteiger partial charge in [0, 0.05) is 38.2 Å². The molecule has 0 saturated carbocycles. The molecule has 5 heteroatoms. The second-order valence-electron chi connectivity index (χ2n) is 5.51. The molecule has 1 aliphatic heterocycles. The summed E-state index contributed by atoms with van der Waals surface area (Å²) < 4.78 is 2.22. The molecule has 1 N–H and O–H groups in total. The van der Waals surface area contributed by atoms with Crippen LogP contribution in [-0.4, -0.2) is 18.9 Å². The van der Waals surface area contributed by atoms with Crippen molar-refractivity contribution in [2.75, 3.05) is 13.1 Å². The van der Waals surface area contributed by atoms with Gasteiger partial charge >= 0.3 is 0 Å². The van der Waals surface area contributed by atoms with Gasteiger partial charge in [0.15, 0.2) is 0 Å². The molecule has 0 atom stereocenters. The summed E-state index contributed by atoms with van der Waals surface area (Å²) in [6.45, 7) is 4.07. The van der Waals surface area contributed by atoms with Crippen LogP contribution in [-0.2, 0) is 5.75 Å². The number of benzene rings is 2. The van der Waals surface area contributed by atoms with Crippen LogP contribution < -0.4 is 5.32 Å². The Hall–Kier alpha value is -0.780. The number of amidine groups is 1. The van der Waals surface area contributed by atoms with Crippen molar-refractivity contribution in [2.45, 2.75) is 24.0 Å². The Morgan fingerprint density at radius 3 is 2.70 bits per heavy atom. The predicted octanol–water partition coefficient (Wildman–Crippen LogP) is 5.55. The minimum absolute atomic E-state index is 0.906. The highest BCUT2D eigenvalue weighted by atomic mass is 79.9. The Balaban J connectivity index is 1.85. The first-order valence-corrected chi connectivity index (χ1v) is 10.2. The molecule has 1 aliphatic rings. The van der Waals surface area contributed by atoms with Crippen LogP contribution in [0.2, 0.25) is 0 Å². The van der Waals surface area contributed by atoms with Crippen molar-refractivity contribution in [3.8, 4) is 0 Å². The van der Waals surface area contributed by atoms with Crippen molar-refractivity contribution >= 4 is 49.5 Å². The van der Waals surface area contributed by atoms with E-state index in [9.17, 15) is 0 Å². The van der Waals surface area contributed by atoms with E-state index in [4.69, 9.17) is 0 Å². The Bertz CT molecular complexity index is 744.